The van der Waals surface area contributed by atoms with Gasteiger partial charge in [-0.25, -0.2) is 0 Å². The molecule has 0 amide bonds. The molecular formula is C12H9Br. The SMILES string of the molecule is BrC1=CC=CC1=Cc1ccccc1. The molecule has 0 atom stereocenters. The van der Waals surface area contributed by atoms with Gasteiger partial charge >= 0.3 is 0 Å². The third kappa shape index (κ3) is 1.99. The predicted molar refractivity (Wildman–Crippen MR) is 60.6 cm³/mol. The first-order valence-electron chi connectivity index (χ1n) is 4.17. The zero-order valence-electron chi connectivity index (χ0n) is 7.07. The Morgan fingerprint density at radius 2 is 1.85 bits per heavy atom. The topological polar surface area (TPSA) is 0 Å². The van der Waals surface area contributed by atoms with Crippen LogP contribution in [0.25, 0.3) is 6.08 Å². The summed E-state index contributed by atoms with van der Waals surface area (Å²) >= 11 is 3.49. The van der Waals surface area contributed by atoms with E-state index in [0.717, 1.165) is 4.48 Å². The van der Waals surface area contributed by atoms with E-state index < -0.39 is 0 Å². The molecule has 0 aromatic heterocycles. The minimum Gasteiger partial charge on any atom is -0.0622 e. The number of benzene rings is 1. The van der Waals surface area contributed by atoms with Crippen molar-refractivity contribution < 1.29 is 0 Å². The van der Waals surface area contributed by atoms with Gasteiger partial charge in [0.2, 0.25) is 0 Å². The maximum absolute atomic E-state index is 3.49. The molecule has 0 fully saturated rings. The third-order valence-corrected chi connectivity index (χ3v) is 2.64. The predicted octanol–water partition coefficient (Wildman–Crippen LogP) is 3.92. The average Bonchev–Trinajstić information content (AvgIpc) is 2.54. The molecule has 0 bridgehead atoms. The molecule has 0 unspecified atom stereocenters. The van der Waals surface area contributed by atoms with Gasteiger partial charge in [0.05, 0.1) is 0 Å². The third-order valence-electron chi connectivity index (χ3n) is 1.92. The summed E-state index contributed by atoms with van der Waals surface area (Å²) in [5.41, 5.74) is 2.46. The van der Waals surface area contributed by atoms with Gasteiger partial charge in [-0.3, -0.25) is 0 Å². The van der Waals surface area contributed by atoms with Crippen molar-refractivity contribution in [3.63, 3.8) is 0 Å². The molecule has 0 aliphatic heterocycles. The molecule has 0 saturated heterocycles. The molecule has 64 valence electrons. The van der Waals surface area contributed by atoms with E-state index in [9.17, 15) is 0 Å². The van der Waals surface area contributed by atoms with Crippen molar-refractivity contribution in [3.8, 4) is 0 Å². The highest BCUT2D eigenvalue weighted by atomic mass is 79.9. The molecule has 0 N–H and O–H groups in total. The van der Waals surface area contributed by atoms with Crippen LogP contribution in [0.3, 0.4) is 0 Å². The molecule has 2 rings (SSSR count). The first kappa shape index (κ1) is 8.52. The smallest absolute Gasteiger partial charge is 0.0247 e. The molecule has 0 spiro atoms. The number of hydrogen-bond donors (Lipinski definition) is 0. The molecular weight excluding hydrogens is 224 g/mol. The Labute approximate surface area is 86.4 Å². The monoisotopic (exact) mass is 232 g/mol. The largest absolute Gasteiger partial charge is 0.0622 e. The Bertz CT molecular complexity index is 383. The summed E-state index contributed by atoms with van der Waals surface area (Å²) in [6, 6.07) is 10.3. The highest BCUT2D eigenvalue weighted by Gasteiger charge is 2.01. The van der Waals surface area contributed by atoms with Crippen LogP contribution in [0.2, 0.25) is 0 Å². The van der Waals surface area contributed by atoms with Crippen molar-refractivity contribution in [2.24, 2.45) is 0 Å². The zero-order valence-corrected chi connectivity index (χ0v) is 8.66. The molecule has 1 aliphatic rings. The van der Waals surface area contributed by atoms with E-state index in [1.165, 1.54) is 11.1 Å². The molecule has 1 aromatic carbocycles. The molecule has 1 aliphatic carbocycles. The second-order valence-corrected chi connectivity index (χ2v) is 3.74. The molecule has 1 aromatic rings. The van der Waals surface area contributed by atoms with Crippen LogP contribution >= 0.6 is 15.9 Å². The molecule has 0 nitrogen and oxygen atoms in total. The summed E-state index contributed by atoms with van der Waals surface area (Å²) < 4.78 is 1.15. The highest BCUT2D eigenvalue weighted by Crippen LogP contribution is 2.25. The number of allylic oxidation sites excluding steroid dienone is 5. The summed E-state index contributed by atoms with van der Waals surface area (Å²) in [7, 11) is 0. The summed E-state index contributed by atoms with van der Waals surface area (Å²) in [4.78, 5) is 0. The van der Waals surface area contributed by atoms with Crippen LogP contribution in [0.15, 0.2) is 58.6 Å². The van der Waals surface area contributed by atoms with Gasteiger partial charge in [0.1, 0.15) is 0 Å². The molecule has 0 radical (unpaired) electrons. The average molecular weight is 233 g/mol. The van der Waals surface area contributed by atoms with Gasteiger partial charge in [-0.05, 0) is 23.3 Å². The molecule has 13 heavy (non-hydrogen) atoms. The Kier molecular flexibility index (Phi) is 2.46. The summed E-state index contributed by atoms with van der Waals surface area (Å²) in [5.74, 6) is 0. The van der Waals surface area contributed by atoms with Crippen molar-refractivity contribution in [1.82, 2.24) is 0 Å². The van der Waals surface area contributed by atoms with Gasteiger partial charge in [0.25, 0.3) is 0 Å². The van der Waals surface area contributed by atoms with Crippen LogP contribution in [-0.2, 0) is 0 Å². The second-order valence-electron chi connectivity index (χ2n) is 2.88. The standard InChI is InChI=1S/C12H9Br/c13-12-8-4-7-11(12)9-10-5-2-1-3-6-10/h1-9H. The van der Waals surface area contributed by atoms with Gasteiger partial charge in [0, 0.05) is 4.48 Å². The van der Waals surface area contributed by atoms with Gasteiger partial charge < -0.3 is 0 Å². The fourth-order valence-electron chi connectivity index (χ4n) is 1.26. The Balaban J connectivity index is 2.32. The van der Waals surface area contributed by atoms with Gasteiger partial charge in [0.15, 0.2) is 0 Å². The van der Waals surface area contributed by atoms with Gasteiger partial charge in [-0.15, -0.1) is 0 Å². The second kappa shape index (κ2) is 3.75. The van der Waals surface area contributed by atoms with E-state index in [1.54, 1.807) is 0 Å². The van der Waals surface area contributed by atoms with E-state index in [-0.39, 0.29) is 0 Å². The van der Waals surface area contributed by atoms with Gasteiger partial charge in [-0.2, -0.15) is 0 Å². The lowest BCUT2D eigenvalue weighted by Crippen LogP contribution is -1.74. The Morgan fingerprint density at radius 3 is 2.46 bits per heavy atom. The number of hydrogen-bond acceptors (Lipinski definition) is 0. The van der Waals surface area contributed by atoms with Crippen molar-refractivity contribution >= 4 is 22.0 Å². The zero-order chi connectivity index (χ0) is 9.10. The van der Waals surface area contributed by atoms with E-state index in [4.69, 9.17) is 0 Å². The quantitative estimate of drug-likeness (QED) is 0.689. The lowest BCUT2D eigenvalue weighted by molar-refractivity contribution is 1.64. The number of rotatable bonds is 1. The van der Waals surface area contributed by atoms with Crippen molar-refractivity contribution in [1.29, 1.82) is 0 Å². The normalized spacial score (nSPS) is 17.9. The fraction of sp³-hybridized carbons (Fsp3) is 0. The summed E-state index contributed by atoms with van der Waals surface area (Å²) in [6.45, 7) is 0. The van der Waals surface area contributed by atoms with E-state index in [1.807, 2.05) is 24.3 Å². The summed E-state index contributed by atoms with van der Waals surface area (Å²) in [6.07, 6.45) is 8.34. The number of halogens is 1. The minimum atomic E-state index is 1.15. The Hall–Kier alpha value is -1.08. The van der Waals surface area contributed by atoms with Crippen LogP contribution in [-0.4, -0.2) is 0 Å². The summed E-state index contributed by atoms with van der Waals surface area (Å²) in [5, 5.41) is 0. The molecule has 0 saturated carbocycles. The lowest BCUT2D eigenvalue weighted by Gasteiger charge is -1.96. The fourth-order valence-corrected chi connectivity index (χ4v) is 1.66. The van der Waals surface area contributed by atoms with E-state index in [0.29, 0.717) is 0 Å². The van der Waals surface area contributed by atoms with Crippen molar-refractivity contribution in [2.45, 2.75) is 0 Å². The molecule has 1 heteroatoms. The maximum atomic E-state index is 3.49. The van der Waals surface area contributed by atoms with E-state index >= 15 is 0 Å². The first-order valence-corrected chi connectivity index (χ1v) is 4.96. The van der Waals surface area contributed by atoms with Crippen LogP contribution < -0.4 is 0 Å². The van der Waals surface area contributed by atoms with Crippen LogP contribution in [0, 0.1) is 0 Å². The molecule has 0 heterocycles. The van der Waals surface area contributed by atoms with Crippen LogP contribution in [0.1, 0.15) is 5.56 Å². The lowest BCUT2D eigenvalue weighted by atomic mass is 10.1. The van der Waals surface area contributed by atoms with Crippen LogP contribution in [0.4, 0.5) is 0 Å². The minimum absolute atomic E-state index is 1.15. The van der Waals surface area contributed by atoms with Crippen molar-refractivity contribution in [2.75, 3.05) is 0 Å². The van der Waals surface area contributed by atoms with Crippen LogP contribution in [0.5, 0.6) is 0 Å². The first-order chi connectivity index (χ1) is 6.36. The maximum Gasteiger partial charge on any atom is 0.0247 e. The van der Waals surface area contributed by atoms with Crippen molar-refractivity contribution in [3.05, 3.63) is 64.2 Å². The van der Waals surface area contributed by atoms with E-state index in [2.05, 4.69) is 46.3 Å². The van der Waals surface area contributed by atoms with Gasteiger partial charge in [-0.1, -0.05) is 58.4 Å². The highest BCUT2D eigenvalue weighted by molar-refractivity contribution is 9.12. The Morgan fingerprint density at radius 1 is 1.08 bits per heavy atom.